The number of carbonyl (C=O) groups is 3. The molecule has 0 fully saturated rings. The van der Waals surface area contributed by atoms with E-state index >= 15 is 0 Å². The molecule has 0 spiro atoms. The van der Waals surface area contributed by atoms with Crippen LogP contribution in [0.25, 0.3) is 6.08 Å². The van der Waals surface area contributed by atoms with Crippen molar-refractivity contribution in [3.8, 4) is 11.5 Å². The molecule has 0 aromatic heterocycles. The van der Waals surface area contributed by atoms with Gasteiger partial charge in [-0.15, -0.1) is 0 Å². The minimum atomic E-state index is -4.66. The molecule has 9 nitrogen and oxygen atoms in total. The van der Waals surface area contributed by atoms with E-state index in [-0.39, 0.29) is 24.5 Å². The summed E-state index contributed by atoms with van der Waals surface area (Å²) in [5.41, 5.74) is 13.0. The molecule has 234 valence electrons. The fourth-order valence-corrected chi connectivity index (χ4v) is 3.66. The molecule has 0 aliphatic heterocycles. The van der Waals surface area contributed by atoms with Crippen molar-refractivity contribution in [2.24, 2.45) is 0 Å². The van der Waals surface area contributed by atoms with Gasteiger partial charge >= 0.3 is 30.4 Å². The number of hydrogen-bond donors (Lipinski definition) is 2. The van der Waals surface area contributed by atoms with Crippen LogP contribution in [0.15, 0.2) is 72.8 Å². The van der Waals surface area contributed by atoms with E-state index in [9.17, 15) is 31.9 Å². The number of nitrogen functional groups attached to an aromatic ring is 2. The first-order chi connectivity index (χ1) is 20.9. The van der Waals surface area contributed by atoms with Gasteiger partial charge in [0, 0.05) is 17.5 Å². The van der Waals surface area contributed by atoms with Crippen LogP contribution in [-0.2, 0) is 14.3 Å². The molecule has 0 atom stereocenters. The number of halogens is 4. The molecule has 3 aromatic rings. The van der Waals surface area contributed by atoms with Gasteiger partial charge in [0.15, 0.2) is 0 Å². The fourth-order valence-electron chi connectivity index (χ4n) is 3.66. The molecule has 0 radical (unpaired) electrons. The molecule has 0 amide bonds. The van der Waals surface area contributed by atoms with Gasteiger partial charge in [0.25, 0.3) is 0 Å². The maximum Gasteiger partial charge on any atom is 0.461 e. The van der Waals surface area contributed by atoms with Gasteiger partial charge in [-0.25, -0.2) is 14.4 Å². The lowest BCUT2D eigenvalue weighted by atomic mass is 10.2. The SMILES string of the molecule is Nc1cc(N)cc(C(=O)OCCCCCCOC(=O)C=Cc2ccc(OC(=O)c3ccc(OC(F)(F)C(F)F)cc3)cc2)c1. The molecule has 0 aliphatic rings. The van der Waals surface area contributed by atoms with Crippen molar-refractivity contribution in [3.63, 3.8) is 0 Å². The summed E-state index contributed by atoms with van der Waals surface area (Å²) in [5, 5.41) is 0. The number of nitrogens with two attached hydrogens (primary N) is 2. The predicted molar refractivity (Wildman–Crippen MR) is 153 cm³/mol. The van der Waals surface area contributed by atoms with Gasteiger partial charge in [-0.2, -0.15) is 17.6 Å². The van der Waals surface area contributed by atoms with Crippen molar-refractivity contribution in [1.29, 1.82) is 0 Å². The van der Waals surface area contributed by atoms with Gasteiger partial charge in [-0.3, -0.25) is 0 Å². The first kappa shape index (κ1) is 33.4. The molecular formula is C31H30F4N2O7. The third-order valence-electron chi connectivity index (χ3n) is 5.83. The van der Waals surface area contributed by atoms with Crippen LogP contribution in [-0.4, -0.2) is 43.7 Å². The van der Waals surface area contributed by atoms with Crippen molar-refractivity contribution < 1.29 is 50.9 Å². The Kier molecular flexibility index (Phi) is 12.1. The third kappa shape index (κ3) is 11.0. The molecular weight excluding hydrogens is 588 g/mol. The minimum absolute atomic E-state index is 0.0205. The highest BCUT2D eigenvalue weighted by atomic mass is 19.3. The Hall–Kier alpha value is -5.07. The van der Waals surface area contributed by atoms with Gasteiger partial charge in [0.2, 0.25) is 0 Å². The van der Waals surface area contributed by atoms with E-state index in [0.29, 0.717) is 35.3 Å². The molecule has 13 heteroatoms. The van der Waals surface area contributed by atoms with Crippen LogP contribution in [0.3, 0.4) is 0 Å². The number of rotatable bonds is 15. The molecule has 0 heterocycles. The second kappa shape index (κ2) is 16.0. The minimum Gasteiger partial charge on any atom is -0.463 e. The van der Waals surface area contributed by atoms with Gasteiger partial charge in [0.1, 0.15) is 11.5 Å². The van der Waals surface area contributed by atoms with Crippen molar-refractivity contribution in [2.45, 2.75) is 38.2 Å². The van der Waals surface area contributed by atoms with Crippen LogP contribution in [0.2, 0.25) is 0 Å². The van der Waals surface area contributed by atoms with Gasteiger partial charge < -0.3 is 30.4 Å². The summed E-state index contributed by atoms with van der Waals surface area (Å²) in [7, 11) is 0. The van der Waals surface area contributed by atoms with Crippen LogP contribution in [0.5, 0.6) is 11.5 Å². The second-order valence-corrected chi connectivity index (χ2v) is 9.39. The number of benzene rings is 3. The lowest BCUT2D eigenvalue weighted by Crippen LogP contribution is -2.33. The van der Waals surface area contributed by atoms with Gasteiger partial charge in [-0.1, -0.05) is 12.1 Å². The molecule has 44 heavy (non-hydrogen) atoms. The molecule has 0 bridgehead atoms. The molecule has 4 N–H and O–H groups in total. The summed E-state index contributed by atoms with van der Waals surface area (Å²) in [5.74, 6) is -2.21. The number of hydrogen-bond acceptors (Lipinski definition) is 9. The molecule has 3 rings (SSSR count). The summed E-state index contributed by atoms with van der Waals surface area (Å²) in [4.78, 5) is 36.3. The van der Waals surface area contributed by atoms with Crippen molar-refractivity contribution in [3.05, 3.63) is 89.5 Å². The lowest BCUT2D eigenvalue weighted by molar-refractivity contribution is -0.253. The lowest BCUT2D eigenvalue weighted by Gasteiger charge is -2.16. The van der Waals surface area contributed by atoms with E-state index in [1.807, 2.05) is 0 Å². The molecule has 0 saturated heterocycles. The number of ether oxygens (including phenoxy) is 4. The summed E-state index contributed by atoms with van der Waals surface area (Å²) in [6.07, 6.45) is -3.07. The average molecular weight is 619 g/mol. The van der Waals surface area contributed by atoms with E-state index in [1.165, 1.54) is 36.4 Å². The average Bonchev–Trinajstić information content (AvgIpc) is 2.97. The largest absolute Gasteiger partial charge is 0.463 e. The molecule has 3 aromatic carbocycles. The highest BCUT2D eigenvalue weighted by molar-refractivity contribution is 5.92. The number of unbranched alkanes of at least 4 members (excludes halogenated alkanes) is 3. The highest BCUT2D eigenvalue weighted by Crippen LogP contribution is 2.27. The topological polar surface area (TPSA) is 140 Å². The van der Waals surface area contributed by atoms with Crippen LogP contribution >= 0.6 is 0 Å². The normalized spacial score (nSPS) is 11.4. The smallest absolute Gasteiger partial charge is 0.461 e. The van der Waals surface area contributed by atoms with Crippen molar-refractivity contribution in [1.82, 2.24) is 0 Å². The Morgan fingerprint density at radius 3 is 1.89 bits per heavy atom. The van der Waals surface area contributed by atoms with E-state index in [1.54, 1.807) is 18.2 Å². The Bertz CT molecular complexity index is 1430. The predicted octanol–water partition coefficient (Wildman–Crippen LogP) is 6.28. The zero-order valence-corrected chi connectivity index (χ0v) is 23.3. The van der Waals surface area contributed by atoms with Gasteiger partial charge in [-0.05, 0) is 91.9 Å². The first-order valence-corrected chi connectivity index (χ1v) is 13.4. The summed E-state index contributed by atoms with van der Waals surface area (Å²) in [6, 6.07) is 14.8. The number of alkyl halides is 4. The fraction of sp³-hybridized carbons (Fsp3) is 0.258. The zero-order valence-electron chi connectivity index (χ0n) is 23.3. The first-order valence-electron chi connectivity index (χ1n) is 13.4. The van der Waals surface area contributed by atoms with E-state index in [2.05, 4.69) is 4.74 Å². The Balaban J connectivity index is 1.31. The Morgan fingerprint density at radius 1 is 0.727 bits per heavy atom. The van der Waals surface area contributed by atoms with E-state index in [0.717, 1.165) is 37.1 Å². The molecule has 0 unspecified atom stereocenters. The molecule has 0 aliphatic carbocycles. The van der Waals surface area contributed by atoms with Crippen LogP contribution in [0, 0.1) is 0 Å². The van der Waals surface area contributed by atoms with Crippen LogP contribution in [0.4, 0.5) is 28.9 Å². The highest BCUT2D eigenvalue weighted by Gasteiger charge is 2.43. The maximum atomic E-state index is 13.0. The quantitative estimate of drug-likeness (QED) is 0.0503. The standard InChI is InChI=1S/C31H30F4N2O7/c32-30(33)31(34,35)44-26-12-8-21(9-13-26)29(40)43-25-10-5-20(6-11-25)7-14-27(38)41-15-3-1-2-4-16-42-28(39)22-17-23(36)19-24(37)18-22/h5-14,17-19,30H,1-4,15-16,36-37H2. The van der Waals surface area contributed by atoms with Crippen LogP contribution < -0.4 is 20.9 Å². The Labute approximate surface area is 250 Å². The maximum absolute atomic E-state index is 13.0. The number of esters is 3. The van der Waals surface area contributed by atoms with Crippen LogP contribution in [0.1, 0.15) is 52.0 Å². The Morgan fingerprint density at radius 2 is 1.30 bits per heavy atom. The van der Waals surface area contributed by atoms with Gasteiger partial charge in [0.05, 0.1) is 24.3 Å². The van der Waals surface area contributed by atoms with Crippen molar-refractivity contribution >= 4 is 35.4 Å². The number of anilines is 2. The van der Waals surface area contributed by atoms with E-state index in [4.69, 9.17) is 25.7 Å². The van der Waals surface area contributed by atoms with Crippen molar-refractivity contribution in [2.75, 3.05) is 24.7 Å². The molecule has 0 saturated carbocycles. The summed E-state index contributed by atoms with van der Waals surface area (Å²) in [6.45, 7) is 0.466. The second-order valence-electron chi connectivity index (χ2n) is 9.39. The summed E-state index contributed by atoms with van der Waals surface area (Å²) >= 11 is 0. The summed E-state index contributed by atoms with van der Waals surface area (Å²) < 4.78 is 70.0. The zero-order chi connectivity index (χ0) is 32.1. The monoisotopic (exact) mass is 618 g/mol. The number of carbonyl (C=O) groups excluding carboxylic acids is 3. The van der Waals surface area contributed by atoms with E-state index < -0.39 is 36.2 Å². The third-order valence-corrected chi connectivity index (χ3v) is 5.83.